The number of thiophene rings is 2. The molecule has 0 radical (unpaired) electrons. The molecule has 31 heavy (non-hydrogen) atoms. The van der Waals surface area contributed by atoms with Gasteiger partial charge in [-0.3, -0.25) is 14.2 Å². The van der Waals surface area contributed by atoms with E-state index in [1.807, 2.05) is 36.9 Å². The third-order valence-corrected chi connectivity index (χ3v) is 8.24. The van der Waals surface area contributed by atoms with Gasteiger partial charge in [0, 0.05) is 29.3 Å². The number of benzene rings is 1. The molecule has 0 fully saturated rings. The van der Waals surface area contributed by atoms with Crippen LogP contribution in [0.25, 0.3) is 10.2 Å². The quantitative estimate of drug-likeness (QED) is 0.454. The fourth-order valence-electron chi connectivity index (χ4n) is 4.37. The number of amides is 1. The monoisotopic (exact) mass is 449 g/mol. The summed E-state index contributed by atoms with van der Waals surface area (Å²) in [7, 11) is 0. The van der Waals surface area contributed by atoms with Crippen molar-refractivity contribution in [1.82, 2.24) is 14.5 Å². The van der Waals surface area contributed by atoms with Crippen LogP contribution in [0.5, 0.6) is 0 Å². The molecule has 7 heteroatoms. The Morgan fingerprint density at radius 1 is 1.19 bits per heavy atom. The lowest BCUT2D eigenvalue weighted by Crippen LogP contribution is -2.40. The molecule has 5 rings (SSSR count). The van der Waals surface area contributed by atoms with E-state index in [0.29, 0.717) is 18.5 Å². The third kappa shape index (κ3) is 3.51. The van der Waals surface area contributed by atoms with Crippen LogP contribution in [0.1, 0.15) is 38.9 Å². The first-order valence-corrected chi connectivity index (χ1v) is 12.1. The van der Waals surface area contributed by atoms with Crippen LogP contribution >= 0.6 is 22.7 Å². The number of hydrogen-bond donors (Lipinski definition) is 0. The van der Waals surface area contributed by atoms with Gasteiger partial charge >= 0.3 is 0 Å². The number of nitrogens with zero attached hydrogens (tertiary/aromatic N) is 3. The van der Waals surface area contributed by atoms with Crippen LogP contribution in [0.2, 0.25) is 0 Å². The van der Waals surface area contributed by atoms with E-state index in [4.69, 9.17) is 0 Å². The van der Waals surface area contributed by atoms with Crippen molar-refractivity contribution in [2.24, 2.45) is 0 Å². The fraction of sp³-hybridized carbons (Fsp3) is 0.292. The molecule has 0 spiro atoms. The molecule has 1 aliphatic rings. The average Bonchev–Trinajstić information content (AvgIpc) is 3.37. The van der Waals surface area contributed by atoms with Crippen molar-refractivity contribution >= 4 is 38.8 Å². The Bertz CT molecular complexity index is 1320. The summed E-state index contributed by atoms with van der Waals surface area (Å²) in [6.45, 7) is 5.00. The first-order valence-electron chi connectivity index (χ1n) is 10.4. The van der Waals surface area contributed by atoms with E-state index >= 15 is 0 Å². The highest BCUT2D eigenvalue weighted by Crippen LogP contribution is 2.38. The molecule has 0 saturated carbocycles. The molecule has 0 aliphatic carbocycles. The van der Waals surface area contributed by atoms with Crippen molar-refractivity contribution in [3.63, 3.8) is 0 Å². The lowest BCUT2D eigenvalue weighted by atomic mass is 9.93. The SMILES string of the molecule is Cc1sc2ncn(CCC(=O)N3CCc4sccc4[C@@H]3c3ccccc3)c(=O)c2c1C. The summed E-state index contributed by atoms with van der Waals surface area (Å²) in [6.07, 6.45) is 2.73. The Balaban J connectivity index is 1.41. The number of rotatable bonds is 4. The molecule has 1 atom stereocenters. The zero-order valence-corrected chi connectivity index (χ0v) is 19.1. The molecule has 158 valence electrons. The van der Waals surface area contributed by atoms with E-state index in [9.17, 15) is 9.59 Å². The van der Waals surface area contributed by atoms with Crippen LogP contribution in [0.4, 0.5) is 0 Å². The van der Waals surface area contributed by atoms with Gasteiger partial charge in [0.2, 0.25) is 5.91 Å². The molecule has 1 amide bonds. The van der Waals surface area contributed by atoms with Gasteiger partial charge in [-0.05, 0) is 48.4 Å². The van der Waals surface area contributed by atoms with Gasteiger partial charge in [0.25, 0.3) is 5.56 Å². The number of carbonyl (C=O) groups is 1. The summed E-state index contributed by atoms with van der Waals surface area (Å²) in [5.74, 6) is 0.0657. The molecule has 0 N–H and O–H groups in total. The van der Waals surface area contributed by atoms with Crippen molar-refractivity contribution < 1.29 is 4.79 Å². The number of aryl methyl sites for hydroxylation is 3. The van der Waals surface area contributed by atoms with Crippen molar-refractivity contribution in [2.75, 3.05) is 6.54 Å². The standard InChI is InChI=1S/C24H23N3O2S2/c1-15-16(2)31-23-21(15)24(29)26(14-25-23)11-9-20(28)27-12-8-19-18(10-13-30-19)22(27)17-6-4-3-5-7-17/h3-7,10,13-14,22H,8-9,11-12H2,1-2H3/t22-/m0/s1. The maximum Gasteiger partial charge on any atom is 0.262 e. The van der Waals surface area contributed by atoms with E-state index < -0.39 is 0 Å². The van der Waals surface area contributed by atoms with Crippen LogP contribution < -0.4 is 5.56 Å². The van der Waals surface area contributed by atoms with Gasteiger partial charge in [0.05, 0.1) is 17.8 Å². The predicted molar refractivity (Wildman–Crippen MR) is 126 cm³/mol. The highest BCUT2D eigenvalue weighted by molar-refractivity contribution is 7.18. The summed E-state index contributed by atoms with van der Waals surface area (Å²) >= 11 is 3.31. The Kier molecular flexibility index (Phi) is 5.24. The first kappa shape index (κ1) is 20.2. The zero-order valence-electron chi connectivity index (χ0n) is 17.5. The van der Waals surface area contributed by atoms with E-state index in [0.717, 1.165) is 27.3 Å². The number of hydrogen-bond acceptors (Lipinski definition) is 5. The summed E-state index contributed by atoms with van der Waals surface area (Å²) in [5.41, 5.74) is 3.28. The largest absolute Gasteiger partial charge is 0.331 e. The minimum Gasteiger partial charge on any atom is -0.331 e. The third-order valence-electron chi connectivity index (χ3n) is 6.12. The second kappa shape index (κ2) is 8.05. The molecule has 0 saturated heterocycles. The van der Waals surface area contributed by atoms with Gasteiger partial charge in [-0.2, -0.15) is 0 Å². The smallest absolute Gasteiger partial charge is 0.262 e. The minimum absolute atomic E-state index is 0.0574. The molecule has 5 nitrogen and oxygen atoms in total. The van der Waals surface area contributed by atoms with Gasteiger partial charge < -0.3 is 4.90 Å². The van der Waals surface area contributed by atoms with Crippen LogP contribution in [-0.4, -0.2) is 26.9 Å². The maximum atomic E-state index is 13.3. The van der Waals surface area contributed by atoms with Crippen LogP contribution in [0.3, 0.4) is 0 Å². The second-order valence-electron chi connectivity index (χ2n) is 7.91. The first-order chi connectivity index (χ1) is 15.0. The second-order valence-corrected chi connectivity index (χ2v) is 10.1. The molecule has 3 aromatic heterocycles. The zero-order chi connectivity index (χ0) is 21.5. The molecule has 4 aromatic rings. The number of fused-ring (bicyclic) bond motifs is 2. The molecule has 1 aromatic carbocycles. The normalized spacial score (nSPS) is 15.9. The highest BCUT2D eigenvalue weighted by atomic mass is 32.1. The summed E-state index contributed by atoms with van der Waals surface area (Å²) < 4.78 is 1.58. The Labute approximate surface area is 188 Å². The molecular formula is C24H23N3O2S2. The molecule has 0 unspecified atom stereocenters. The van der Waals surface area contributed by atoms with E-state index in [1.54, 1.807) is 33.6 Å². The van der Waals surface area contributed by atoms with Crippen LogP contribution in [-0.2, 0) is 17.8 Å². The van der Waals surface area contributed by atoms with Gasteiger partial charge in [-0.1, -0.05) is 30.3 Å². The minimum atomic E-state index is -0.0669. The average molecular weight is 450 g/mol. The van der Waals surface area contributed by atoms with Crippen LogP contribution in [0.15, 0.2) is 52.9 Å². The summed E-state index contributed by atoms with van der Waals surface area (Å²) in [4.78, 5) is 36.0. The van der Waals surface area contributed by atoms with Gasteiger partial charge in [0.15, 0.2) is 0 Å². The van der Waals surface area contributed by atoms with Crippen molar-refractivity contribution in [3.8, 4) is 0 Å². The van der Waals surface area contributed by atoms with E-state index in [-0.39, 0.29) is 23.9 Å². The van der Waals surface area contributed by atoms with Gasteiger partial charge in [0.1, 0.15) is 4.83 Å². The Hall–Kier alpha value is -2.77. The Morgan fingerprint density at radius 2 is 2.00 bits per heavy atom. The van der Waals surface area contributed by atoms with Crippen molar-refractivity contribution in [2.45, 2.75) is 39.3 Å². The summed E-state index contributed by atoms with van der Waals surface area (Å²) in [6, 6.07) is 12.3. The van der Waals surface area contributed by atoms with Crippen LogP contribution in [0, 0.1) is 13.8 Å². The summed E-state index contributed by atoms with van der Waals surface area (Å²) in [5, 5.41) is 2.79. The molecule has 1 aliphatic heterocycles. The van der Waals surface area contributed by atoms with E-state index in [1.165, 1.54) is 10.4 Å². The highest BCUT2D eigenvalue weighted by Gasteiger charge is 2.32. The topological polar surface area (TPSA) is 55.2 Å². The lowest BCUT2D eigenvalue weighted by molar-refractivity contribution is -0.133. The number of aromatic nitrogens is 2. The fourth-order valence-corrected chi connectivity index (χ4v) is 6.26. The van der Waals surface area contributed by atoms with Gasteiger partial charge in [-0.15, -0.1) is 22.7 Å². The lowest BCUT2D eigenvalue weighted by Gasteiger charge is -2.36. The maximum absolute atomic E-state index is 13.3. The predicted octanol–water partition coefficient (Wildman–Crippen LogP) is 4.70. The number of carbonyl (C=O) groups excluding carboxylic acids is 1. The molecular weight excluding hydrogens is 426 g/mol. The molecule has 0 bridgehead atoms. The van der Waals surface area contributed by atoms with Crippen molar-refractivity contribution in [3.05, 3.63) is 84.9 Å². The van der Waals surface area contributed by atoms with Gasteiger partial charge in [-0.25, -0.2) is 4.98 Å². The van der Waals surface area contributed by atoms with E-state index in [2.05, 4.69) is 28.6 Å². The molecule has 4 heterocycles. The Morgan fingerprint density at radius 3 is 2.81 bits per heavy atom. The van der Waals surface area contributed by atoms with Crippen molar-refractivity contribution in [1.29, 1.82) is 0 Å².